The molecule has 0 aromatic heterocycles. The first-order valence-electron chi connectivity index (χ1n) is 7.97. The van der Waals surface area contributed by atoms with E-state index >= 15 is 0 Å². The molecular weight excluding hydrogens is 330 g/mol. The number of methoxy groups -OCH3 is 1. The fraction of sp³-hybridized carbons (Fsp3) is 0.500. The van der Waals surface area contributed by atoms with Gasteiger partial charge in [-0.1, -0.05) is 0 Å². The molecule has 136 valence electrons. The number of amides is 1. The van der Waals surface area contributed by atoms with Crippen LogP contribution in [0.5, 0.6) is 5.75 Å². The number of carbonyl (C=O) groups excluding carboxylic acids is 2. The fourth-order valence-corrected chi connectivity index (χ4v) is 2.67. The van der Waals surface area contributed by atoms with Crippen molar-refractivity contribution in [2.24, 2.45) is 5.92 Å². The molecule has 2 rings (SSSR count). The molecule has 1 aromatic rings. The Labute approximate surface area is 145 Å². The average Bonchev–Trinajstić information content (AvgIpc) is 2.96. The van der Waals surface area contributed by atoms with Gasteiger partial charge >= 0.3 is 5.97 Å². The smallest absolute Gasteiger partial charge is 0.311 e. The summed E-state index contributed by atoms with van der Waals surface area (Å²) >= 11 is 0. The predicted molar refractivity (Wildman–Crippen MR) is 89.5 cm³/mol. The van der Waals surface area contributed by atoms with E-state index < -0.39 is 10.8 Å². The molecule has 1 amide bonds. The summed E-state index contributed by atoms with van der Waals surface area (Å²) < 4.78 is 10.1. The van der Waals surface area contributed by atoms with E-state index in [1.165, 1.54) is 19.2 Å². The number of benzene rings is 1. The summed E-state index contributed by atoms with van der Waals surface area (Å²) in [6, 6.07) is 4.27. The Kier molecular flexibility index (Phi) is 6.15. The Morgan fingerprint density at radius 3 is 2.88 bits per heavy atom. The second kappa shape index (κ2) is 8.32. The molecule has 1 N–H and O–H groups in total. The quantitative estimate of drug-likeness (QED) is 0.428. The van der Waals surface area contributed by atoms with Gasteiger partial charge in [0, 0.05) is 32.1 Å². The molecule has 9 heteroatoms. The molecule has 0 radical (unpaired) electrons. The van der Waals surface area contributed by atoms with Crippen LogP contribution in [-0.2, 0) is 14.3 Å². The Hall–Kier alpha value is -2.84. The SMILES string of the molecule is CCOC(=O)C1CC(=O)N(CCNc2ccc([N+](=O)[O-])cc2OC)C1. The van der Waals surface area contributed by atoms with Crippen molar-refractivity contribution in [2.45, 2.75) is 13.3 Å². The second-order valence-electron chi connectivity index (χ2n) is 5.56. The molecule has 1 atom stereocenters. The zero-order valence-corrected chi connectivity index (χ0v) is 14.2. The monoisotopic (exact) mass is 351 g/mol. The summed E-state index contributed by atoms with van der Waals surface area (Å²) in [5, 5.41) is 13.9. The van der Waals surface area contributed by atoms with Gasteiger partial charge in [0.25, 0.3) is 5.69 Å². The molecule has 0 spiro atoms. The number of ether oxygens (including phenoxy) is 2. The van der Waals surface area contributed by atoms with Crippen molar-refractivity contribution in [2.75, 3.05) is 38.7 Å². The lowest BCUT2D eigenvalue weighted by molar-refractivity contribution is -0.384. The number of non-ortho nitro benzene ring substituents is 1. The van der Waals surface area contributed by atoms with E-state index in [9.17, 15) is 19.7 Å². The number of nitro groups is 1. The molecule has 0 aliphatic carbocycles. The summed E-state index contributed by atoms with van der Waals surface area (Å²) in [5.74, 6) is -0.494. The summed E-state index contributed by atoms with van der Waals surface area (Å²) in [6.45, 7) is 3.21. The van der Waals surface area contributed by atoms with Crippen molar-refractivity contribution < 1.29 is 24.0 Å². The molecule has 0 saturated carbocycles. The van der Waals surface area contributed by atoms with Crippen molar-refractivity contribution in [3.63, 3.8) is 0 Å². The van der Waals surface area contributed by atoms with Gasteiger partial charge in [-0.2, -0.15) is 0 Å². The van der Waals surface area contributed by atoms with E-state index in [2.05, 4.69) is 5.32 Å². The number of hydrogen-bond acceptors (Lipinski definition) is 7. The minimum Gasteiger partial charge on any atom is -0.494 e. The standard InChI is InChI=1S/C16H21N3O6/c1-3-25-16(21)11-8-15(20)18(10-11)7-6-17-13-5-4-12(19(22)23)9-14(13)24-2/h4-5,9,11,17H,3,6-8,10H2,1-2H3. The largest absolute Gasteiger partial charge is 0.494 e. The van der Waals surface area contributed by atoms with E-state index in [-0.39, 0.29) is 24.0 Å². The summed E-state index contributed by atoms with van der Waals surface area (Å²) in [5.41, 5.74) is 0.538. The van der Waals surface area contributed by atoms with E-state index in [1.807, 2.05) is 0 Å². The van der Waals surface area contributed by atoms with E-state index in [4.69, 9.17) is 9.47 Å². The van der Waals surface area contributed by atoms with E-state index in [1.54, 1.807) is 17.9 Å². The molecule has 1 aliphatic rings. The molecule has 25 heavy (non-hydrogen) atoms. The topological polar surface area (TPSA) is 111 Å². The number of nitrogens with zero attached hydrogens (tertiary/aromatic N) is 2. The first-order chi connectivity index (χ1) is 12.0. The zero-order valence-electron chi connectivity index (χ0n) is 14.2. The van der Waals surface area contributed by atoms with Crippen LogP contribution in [0.4, 0.5) is 11.4 Å². The minimum atomic E-state index is -0.495. The van der Waals surface area contributed by atoms with Crippen molar-refractivity contribution in [3.05, 3.63) is 28.3 Å². The van der Waals surface area contributed by atoms with Crippen LogP contribution in [0, 0.1) is 16.0 Å². The van der Waals surface area contributed by atoms with Gasteiger partial charge in [0.05, 0.1) is 36.3 Å². The highest BCUT2D eigenvalue weighted by Crippen LogP contribution is 2.29. The predicted octanol–water partition coefficient (Wildman–Crippen LogP) is 1.43. The summed E-state index contributed by atoms with van der Waals surface area (Å²) in [4.78, 5) is 35.6. The minimum absolute atomic E-state index is 0.0607. The van der Waals surface area contributed by atoms with Crippen molar-refractivity contribution in [1.29, 1.82) is 0 Å². The number of esters is 1. The Bertz CT molecular complexity index is 663. The van der Waals surface area contributed by atoms with Gasteiger partial charge in [0.15, 0.2) is 0 Å². The lowest BCUT2D eigenvalue weighted by Crippen LogP contribution is -2.31. The third kappa shape index (κ3) is 4.59. The first-order valence-corrected chi connectivity index (χ1v) is 7.97. The Morgan fingerprint density at radius 1 is 1.48 bits per heavy atom. The van der Waals surface area contributed by atoms with Crippen molar-refractivity contribution in [1.82, 2.24) is 4.90 Å². The van der Waals surface area contributed by atoms with Crippen LogP contribution in [-0.4, -0.2) is 55.1 Å². The zero-order chi connectivity index (χ0) is 18.4. The van der Waals surface area contributed by atoms with Gasteiger partial charge in [-0.15, -0.1) is 0 Å². The van der Waals surface area contributed by atoms with E-state index in [0.29, 0.717) is 37.7 Å². The number of likely N-dealkylation sites (tertiary alicyclic amines) is 1. The van der Waals surface area contributed by atoms with E-state index in [0.717, 1.165) is 0 Å². The molecular formula is C16H21N3O6. The number of nitro benzene ring substituents is 1. The van der Waals surface area contributed by atoms with Gasteiger partial charge in [-0.05, 0) is 13.0 Å². The summed E-state index contributed by atoms with van der Waals surface area (Å²) in [6.07, 6.45) is 0.166. The number of hydrogen-bond donors (Lipinski definition) is 1. The van der Waals surface area contributed by atoms with Crippen LogP contribution < -0.4 is 10.1 Å². The van der Waals surface area contributed by atoms with Crippen molar-refractivity contribution in [3.8, 4) is 5.75 Å². The number of carbonyl (C=O) groups is 2. The van der Waals surface area contributed by atoms with Crippen LogP contribution in [0.25, 0.3) is 0 Å². The van der Waals surface area contributed by atoms with Crippen LogP contribution in [0.15, 0.2) is 18.2 Å². The molecule has 1 aliphatic heterocycles. The molecule has 9 nitrogen and oxygen atoms in total. The average molecular weight is 351 g/mol. The number of anilines is 1. The second-order valence-corrected chi connectivity index (χ2v) is 5.56. The molecule has 1 heterocycles. The van der Waals surface area contributed by atoms with Gasteiger partial charge in [-0.3, -0.25) is 19.7 Å². The third-order valence-electron chi connectivity index (χ3n) is 3.93. The highest BCUT2D eigenvalue weighted by molar-refractivity contribution is 5.86. The lowest BCUT2D eigenvalue weighted by atomic mass is 10.1. The Balaban J connectivity index is 1.89. The number of rotatable bonds is 8. The molecule has 1 unspecified atom stereocenters. The van der Waals surface area contributed by atoms with Crippen LogP contribution in [0.1, 0.15) is 13.3 Å². The fourth-order valence-electron chi connectivity index (χ4n) is 2.67. The Morgan fingerprint density at radius 2 is 2.24 bits per heavy atom. The normalized spacial score (nSPS) is 16.6. The molecule has 1 fully saturated rings. The highest BCUT2D eigenvalue weighted by atomic mass is 16.6. The maximum Gasteiger partial charge on any atom is 0.311 e. The van der Waals surface area contributed by atoms with Gasteiger partial charge < -0.3 is 19.7 Å². The number of nitrogens with one attached hydrogen (secondary N) is 1. The van der Waals surface area contributed by atoms with Crippen LogP contribution in [0.2, 0.25) is 0 Å². The molecule has 1 saturated heterocycles. The van der Waals surface area contributed by atoms with Gasteiger partial charge in [0.2, 0.25) is 5.91 Å². The van der Waals surface area contributed by atoms with Crippen molar-refractivity contribution >= 4 is 23.3 Å². The van der Waals surface area contributed by atoms with Crippen LogP contribution >= 0.6 is 0 Å². The first kappa shape index (κ1) is 18.5. The molecule has 1 aromatic carbocycles. The maximum atomic E-state index is 12.0. The summed E-state index contributed by atoms with van der Waals surface area (Å²) in [7, 11) is 1.43. The van der Waals surface area contributed by atoms with Crippen LogP contribution in [0.3, 0.4) is 0 Å². The highest BCUT2D eigenvalue weighted by Gasteiger charge is 2.34. The third-order valence-corrected chi connectivity index (χ3v) is 3.93. The lowest BCUT2D eigenvalue weighted by Gasteiger charge is -2.18. The van der Waals surface area contributed by atoms with Gasteiger partial charge in [0.1, 0.15) is 5.75 Å². The van der Waals surface area contributed by atoms with Gasteiger partial charge in [-0.25, -0.2) is 0 Å². The maximum absolute atomic E-state index is 12.0. The molecule has 0 bridgehead atoms.